The normalized spacial score (nSPS) is 11.2. The average Bonchev–Trinajstić information content (AvgIpc) is 3.11. The summed E-state index contributed by atoms with van der Waals surface area (Å²) in [6.45, 7) is 4.27. The summed E-state index contributed by atoms with van der Waals surface area (Å²) in [6, 6.07) is 21.5. The van der Waals surface area contributed by atoms with E-state index in [4.69, 9.17) is 4.74 Å². The summed E-state index contributed by atoms with van der Waals surface area (Å²) in [7, 11) is 1.75. The summed E-state index contributed by atoms with van der Waals surface area (Å²) in [4.78, 5) is 2.45. The molecule has 4 heteroatoms. The molecule has 0 aliphatic heterocycles. The summed E-state index contributed by atoms with van der Waals surface area (Å²) in [5.74, 6) is -0.196. The van der Waals surface area contributed by atoms with E-state index in [2.05, 4.69) is 52.1 Å². The molecule has 0 aliphatic rings. The Bertz CT molecular complexity index is 799. The fourth-order valence-corrected chi connectivity index (χ4v) is 3.25. The molecule has 1 aromatic heterocycles. The first-order valence-electron chi connectivity index (χ1n) is 9.38. The molecular formula is C23H27FN2O. The third-order valence-electron chi connectivity index (χ3n) is 4.65. The van der Waals surface area contributed by atoms with Crippen molar-refractivity contribution in [2.45, 2.75) is 26.1 Å². The molecule has 2 aromatic carbocycles. The van der Waals surface area contributed by atoms with E-state index < -0.39 is 0 Å². The Hall–Kier alpha value is -2.43. The van der Waals surface area contributed by atoms with Gasteiger partial charge in [0.25, 0.3) is 0 Å². The van der Waals surface area contributed by atoms with Crippen molar-refractivity contribution < 1.29 is 9.13 Å². The first kappa shape index (κ1) is 19.3. The highest BCUT2D eigenvalue weighted by Crippen LogP contribution is 2.14. The Morgan fingerprint density at radius 1 is 0.889 bits per heavy atom. The number of rotatable bonds is 10. The molecule has 0 bridgehead atoms. The van der Waals surface area contributed by atoms with Gasteiger partial charge < -0.3 is 9.30 Å². The standard InChI is InChI=1S/C23H27FN2O/c1-27-16-6-14-25(17-20-7-3-2-4-8-20)19-23-9-5-15-26(23)18-21-10-12-22(24)13-11-21/h2-5,7-13,15H,6,14,16-19H2,1H3. The zero-order valence-corrected chi connectivity index (χ0v) is 15.9. The van der Waals surface area contributed by atoms with Crippen LogP contribution in [0.15, 0.2) is 72.9 Å². The van der Waals surface area contributed by atoms with Gasteiger partial charge in [-0.3, -0.25) is 4.90 Å². The largest absolute Gasteiger partial charge is 0.385 e. The van der Waals surface area contributed by atoms with E-state index in [1.807, 2.05) is 18.2 Å². The Kier molecular flexibility index (Phi) is 7.19. The van der Waals surface area contributed by atoms with Gasteiger partial charge in [-0.05, 0) is 41.8 Å². The van der Waals surface area contributed by atoms with E-state index in [0.29, 0.717) is 0 Å². The number of ether oxygens (including phenoxy) is 1. The van der Waals surface area contributed by atoms with E-state index in [1.165, 1.54) is 23.4 Å². The van der Waals surface area contributed by atoms with Crippen molar-refractivity contribution in [3.8, 4) is 0 Å². The van der Waals surface area contributed by atoms with Crippen LogP contribution >= 0.6 is 0 Å². The van der Waals surface area contributed by atoms with Gasteiger partial charge in [-0.1, -0.05) is 42.5 Å². The molecule has 3 aromatic rings. The van der Waals surface area contributed by atoms with Gasteiger partial charge in [0.15, 0.2) is 0 Å². The van der Waals surface area contributed by atoms with E-state index >= 15 is 0 Å². The highest BCUT2D eigenvalue weighted by molar-refractivity contribution is 5.19. The van der Waals surface area contributed by atoms with Crippen LogP contribution < -0.4 is 0 Å². The molecular weight excluding hydrogens is 339 g/mol. The molecule has 0 amide bonds. The van der Waals surface area contributed by atoms with Gasteiger partial charge in [0, 0.05) is 51.8 Å². The van der Waals surface area contributed by atoms with Crippen molar-refractivity contribution in [1.29, 1.82) is 0 Å². The molecule has 0 fully saturated rings. The molecule has 1 heterocycles. The quantitative estimate of drug-likeness (QED) is 0.483. The smallest absolute Gasteiger partial charge is 0.123 e. The van der Waals surface area contributed by atoms with Gasteiger partial charge in [-0.2, -0.15) is 0 Å². The van der Waals surface area contributed by atoms with Crippen molar-refractivity contribution in [3.05, 3.63) is 95.6 Å². The third kappa shape index (κ3) is 6.05. The fraction of sp³-hybridized carbons (Fsp3) is 0.304. The van der Waals surface area contributed by atoms with Crippen LogP contribution in [0.25, 0.3) is 0 Å². The average molecular weight is 366 g/mol. The van der Waals surface area contributed by atoms with E-state index in [0.717, 1.165) is 44.8 Å². The second-order valence-electron chi connectivity index (χ2n) is 6.80. The van der Waals surface area contributed by atoms with Crippen LogP contribution in [0, 0.1) is 5.82 Å². The number of hydrogen-bond donors (Lipinski definition) is 0. The van der Waals surface area contributed by atoms with Crippen molar-refractivity contribution in [2.75, 3.05) is 20.3 Å². The summed E-state index contributed by atoms with van der Waals surface area (Å²) in [5, 5.41) is 0. The zero-order valence-electron chi connectivity index (χ0n) is 15.9. The SMILES string of the molecule is COCCCN(Cc1ccccc1)Cc1cccn1Cc1ccc(F)cc1. The minimum atomic E-state index is -0.196. The maximum Gasteiger partial charge on any atom is 0.123 e. The molecule has 27 heavy (non-hydrogen) atoms. The van der Waals surface area contributed by atoms with Crippen LogP contribution in [-0.4, -0.2) is 29.7 Å². The predicted octanol–water partition coefficient (Wildman–Crippen LogP) is 4.71. The third-order valence-corrected chi connectivity index (χ3v) is 4.65. The van der Waals surface area contributed by atoms with Crippen LogP contribution in [0.1, 0.15) is 23.2 Å². The molecule has 0 spiro atoms. The number of methoxy groups -OCH3 is 1. The summed E-state index contributed by atoms with van der Waals surface area (Å²) in [6.07, 6.45) is 3.09. The van der Waals surface area contributed by atoms with Gasteiger partial charge >= 0.3 is 0 Å². The van der Waals surface area contributed by atoms with Crippen molar-refractivity contribution in [3.63, 3.8) is 0 Å². The molecule has 3 nitrogen and oxygen atoms in total. The molecule has 3 rings (SSSR count). The zero-order chi connectivity index (χ0) is 18.9. The van der Waals surface area contributed by atoms with E-state index in [1.54, 1.807) is 7.11 Å². The monoisotopic (exact) mass is 366 g/mol. The highest BCUT2D eigenvalue weighted by atomic mass is 19.1. The van der Waals surface area contributed by atoms with E-state index in [-0.39, 0.29) is 5.82 Å². The maximum absolute atomic E-state index is 13.1. The maximum atomic E-state index is 13.1. The highest BCUT2D eigenvalue weighted by Gasteiger charge is 2.10. The molecule has 0 atom stereocenters. The van der Waals surface area contributed by atoms with Gasteiger partial charge in [0.2, 0.25) is 0 Å². The molecule has 0 saturated carbocycles. The topological polar surface area (TPSA) is 17.4 Å². The van der Waals surface area contributed by atoms with Gasteiger partial charge in [0.1, 0.15) is 5.82 Å². The van der Waals surface area contributed by atoms with Crippen molar-refractivity contribution >= 4 is 0 Å². The Labute approximate surface area is 161 Å². The Morgan fingerprint density at radius 3 is 2.41 bits per heavy atom. The van der Waals surface area contributed by atoms with Crippen molar-refractivity contribution in [2.24, 2.45) is 0 Å². The lowest BCUT2D eigenvalue weighted by Gasteiger charge is -2.23. The molecule has 0 unspecified atom stereocenters. The number of hydrogen-bond acceptors (Lipinski definition) is 2. The Balaban J connectivity index is 1.69. The number of nitrogens with zero attached hydrogens (tertiary/aromatic N) is 2. The first-order chi connectivity index (χ1) is 13.2. The summed E-state index contributed by atoms with van der Waals surface area (Å²) < 4.78 is 20.6. The van der Waals surface area contributed by atoms with Crippen LogP contribution in [0.4, 0.5) is 4.39 Å². The summed E-state index contributed by atoms with van der Waals surface area (Å²) >= 11 is 0. The number of halogens is 1. The van der Waals surface area contributed by atoms with Gasteiger partial charge in [-0.15, -0.1) is 0 Å². The molecule has 0 aliphatic carbocycles. The molecule has 0 radical (unpaired) electrons. The van der Waals surface area contributed by atoms with Crippen LogP contribution in [0.5, 0.6) is 0 Å². The van der Waals surface area contributed by atoms with Gasteiger partial charge in [0.05, 0.1) is 0 Å². The lowest BCUT2D eigenvalue weighted by atomic mass is 10.2. The number of benzene rings is 2. The minimum absolute atomic E-state index is 0.196. The fourth-order valence-electron chi connectivity index (χ4n) is 3.25. The minimum Gasteiger partial charge on any atom is -0.385 e. The lowest BCUT2D eigenvalue weighted by molar-refractivity contribution is 0.165. The van der Waals surface area contributed by atoms with Crippen molar-refractivity contribution in [1.82, 2.24) is 9.47 Å². The van der Waals surface area contributed by atoms with Gasteiger partial charge in [-0.25, -0.2) is 4.39 Å². The van der Waals surface area contributed by atoms with Crippen LogP contribution in [0.3, 0.4) is 0 Å². The molecule has 0 N–H and O–H groups in total. The predicted molar refractivity (Wildman–Crippen MR) is 107 cm³/mol. The second-order valence-corrected chi connectivity index (χ2v) is 6.80. The van der Waals surface area contributed by atoms with Crippen LogP contribution in [-0.2, 0) is 24.4 Å². The first-order valence-corrected chi connectivity index (χ1v) is 9.38. The van der Waals surface area contributed by atoms with Crippen LogP contribution in [0.2, 0.25) is 0 Å². The number of aromatic nitrogens is 1. The summed E-state index contributed by atoms with van der Waals surface area (Å²) in [5.41, 5.74) is 3.67. The molecule has 142 valence electrons. The van der Waals surface area contributed by atoms with E-state index in [9.17, 15) is 4.39 Å². The molecule has 0 saturated heterocycles. The Morgan fingerprint density at radius 2 is 1.67 bits per heavy atom. The lowest BCUT2D eigenvalue weighted by Crippen LogP contribution is -2.26. The second kappa shape index (κ2) is 10.0.